The number of amides is 2. The molecule has 0 saturated carbocycles. The summed E-state index contributed by atoms with van der Waals surface area (Å²) in [5, 5.41) is 0. The average molecular weight is 481 g/mol. The Balaban J connectivity index is 1.63. The summed E-state index contributed by atoms with van der Waals surface area (Å²) < 4.78 is 24.1. The van der Waals surface area contributed by atoms with E-state index in [-0.39, 0.29) is 37.2 Å². The highest BCUT2D eigenvalue weighted by molar-refractivity contribution is 5.96. The number of nitrogens with zero attached hydrogens (tertiary/aromatic N) is 2. The molecule has 2 aliphatic rings. The standard InChI is InChI=1S/C27H29FN2O5/c1-3-35-27(33)25-18(2)30(24(31)16-23(25)20-7-9-22(28)10-8-20)17-19-5-4-6-21(15-19)26(32)29-11-13-34-14-12-29/h4-10,15,23H,3,11-14,16-17H2,1-2H3. The molecule has 2 amide bonds. The molecule has 4 rings (SSSR count). The molecule has 184 valence electrons. The fraction of sp³-hybridized carbons (Fsp3) is 0.370. The van der Waals surface area contributed by atoms with Crippen molar-refractivity contribution in [1.82, 2.24) is 9.80 Å². The highest BCUT2D eigenvalue weighted by Crippen LogP contribution is 2.37. The fourth-order valence-electron chi connectivity index (χ4n) is 4.59. The Bertz CT molecular complexity index is 1140. The predicted octanol–water partition coefficient (Wildman–Crippen LogP) is 3.65. The number of allylic oxidation sites excluding steroid dienone is 1. The molecule has 35 heavy (non-hydrogen) atoms. The first kappa shape index (κ1) is 24.6. The SMILES string of the molecule is CCOC(=O)C1=C(C)N(Cc2cccc(C(=O)N3CCOCC3)c2)C(=O)CC1c1ccc(F)cc1. The van der Waals surface area contributed by atoms with Crippen LogP contribution in [0.3, 0.4) is 0 Å². The van der Waals surface area contributed by atoms with Gasteiger partial charge in [-0.3, -0.25) is 9.59 Å². The quantitative estimate of drug-likeness (QED) is 0.590. The van der Waals surface area contributed by atoms with Gasteiger partial charge in [0, 0.05) is 36.7 Å². The molecule has 2 aromatic rings. The van der Waals surface area contributed by atoms with Crippen LogP contribution in [0.25, 0.3) is 0 Å². The second kappa shape index (κ2) is 10.8. The Morgan fingerprint density at radius 1 is 1.11 bits per heavy atom. The minimum Gasteiger partial charge on any atom is -0.463 e. The van der Waals surface area contributed by atoms with E-state index in [0.29, 0.717) is 48.7 Å². The summed E-state index contributed by atoms with van der Waals surface area (Å²) in [7, 11) is 0. The minimum atomic E-state index is -0.521. The van der Waals surface area contributed by atoms with Crippen LogP contribution in [0.5, 0.6) is 0 Å². The number of carbonyl (C=O) groups excluding carboxylic acids is 3. The molecule has 0 aromatic heterocycles. The molecule has 2 aromatic carbocycles. The molecule has 0 radical (unpaired) electrons. The topological polar surface area (TPSA) is 76.2 Å². The van der Waals surface area contributed by atoms with Crippen molar-refractivity contribution < 1.29 is 28.2 Å². The Morgan fingerprint density at radius 2 is 1.83 bits per heavy atom. The lowest BCUT2D eigenvalue weighted by Gasteiger charge is -2.34. The predicted molar refractivity (Wildman–Crippen MR) is 127 cm³/mol. The molecule has 1 unspecified atom stereocenters. The summed E-state index contributed by atoms with van der Waals surface area (Å²) in [6, 6.07) is 13.0. The van der Waals surface area contributed by atoms with Gasteiger partial charge in [0.25, 0.3) is 5.91 Å². The van der Waals surface area contributed by atoms with Gasteiger partial charge >= 0.3 is 5.97 Å². The highest BCUT2D eigenvalue weighted by atomic mass is 19.1. The van der Waals surface area contributed by atoms with Gasteiger partial charge in [-0.1, -0.05) is 24.3 Å². The van der Waals surface area contributed by atoms with Crippen LogP contribution in [0.4, 0.5) is 4.39 Å². The lowest BCUT2D eigenvalue weighted by atomic mass is 9.83. The van der Waals surface area contributed by atoms with Crippen molar-refractivity contribution in [2.24, 2.45) is 0 Å². The third-order valence-electron chi connectivity index (χ3n) is 6.40. The summed E-state index contributed by atoms with van der Waals surface area (Å²) in [6.07, 6.45) is 0.0590. The van der Waals surface area contributed by atoms with Gasteiger partial charge in [-0.15, -0.1) is 0 Å². The number of ether oxygens (including phenoxy) is 2. The maximum absolute atomic E-state index is 13.5. The zero-order chi connectivity index (χ0) is 24.9. The molecule has 1 saturated heterocycles. The van der Waals surface area contributed by atoms with Crippen molar-refractivity contribution in [2.45, 2.75) is 32.7 Å². The highest BCUT2D eigenvalue weighted by Gasteiger charge is 2.37. The van der Waals surface area contributed by atoms with Gasteiger partial charge in [0.15, 0.2) is 0 Å². The van der Waals surface area contributed by atoms with Gasteiger partial charge in [0.05, 0.1) is 31.9 Å². The molecular formula is C27H29FN2O5. The Kier molecular flexibility index (Phi) is 7.60. The van der Waals surface area contributed by atoms with E-state index < -0.39 is 11.9 Å². The van der Waals surface area contributed by atoms with Crippen molar-refractivity contribution in [3.63, 3.8) is 0 Å². The average Bonchev–Trinajstić information content (AvgIpc) is 2.87. The van der Waals surface area contributed by atoms with Gasteiger partial charge in [0.2, 0.25) is 5.91 Å². The number of hydrogen-bond acceptors (Lipinski definition) is 5. The molecular weight excluding hydrogens is 451 g/mol. The van der Waals surface area contributed by atoms with E-state index >= 15 is 0 Å². The number of hydrogen-bond donors (Lipinski definition) is 0. The van der Waals surface area contributed by atoms with Crippen molar-refractivity contribution in [3.05, 3.63) is 82.3 Å². The maximum Gasteiger partial charge on any atom is 0.336 e. The fourth-order valence-corrected chi connectivity index (χ4v) is 4.59. The molecule has 0 aliphatic carbocycles. The van der Waals surface area contributed by atoms with E-state index in [9.17, 15) is 18.8 Å². The summed E-state index contributed by atoms with van der Waals surface area (Å²) in [5.74, 6) is -1.63. The molecule has 1 fully saturated rings. The number of rotatable bonds is 6. The second-order valence-electron chi connectivity index (χ2n) is 8.61. The van der Waals surface area contributed by atoms with Gasteiger partial charge < -0.3 is 19.3 Å². The first-order valence-electron chi connectivity index (χ1n) is 11.8. The van der Waals surface area contributed by atoms with Gasteiger partial charge in [-0.2, -0.15) is 0 Å². The Hall–Kier alpha value is -3.52. The van der Waals surface area contributed by atoms with Crippen molar-refractivity contribution >= 4 is 17.8 Å². The van der Waals surface area contributed by atoms with E-state index in [1.165, 1.54) is 12.1 Å². The minimum absolute atomic E-state index is 0.0590. The van der Waals surface area contributed by atoms with Crippen LogP contribution in [-0.4, -0.2) is 60.5 Å². The van der Waals surface area contributed by atoms with Gasteiger partial charge in [-0.05, 0) is 49.2 Å². The largest absolute Gasteiger partial charge is 0.463 e. The first-order valence-corrected chi connectivity index (χ1v) is 11.8. The van der Waals surface area contributed by atoms with Crippen molar-refractivity contribution in [3.8, 4) is 0 Å². The summed E-state index contributed by atoms with van der Waals surface area (Å²) in [4.78, 5) is 42.4. The number of morpholine rings is 1. The number of esters is 1. The molecule has 7 nitrogen and oxygen atoms in total. The monoisotopic (exact) mass is 480 g/mol. The van der Waals surface area contributed by atoms with Crippen LogP contribution in [-0.2, 0) is 25.6 Å². The van der Waals surface area contributed by atoms with Crippen LogP contribution in [0.2, 0.25) is 0 Å². The molecule has 8 heteroatoms. The van der Waals surface area contributed by atoms with E-state index in [1.54, 1.807) is 54.0 Å². The van der Waals surface area contributed by atoms with Crippen LogP contribution in [0.15, 0.2) is 59.8 Å². The van der Waals surface area contributed by atoms with Gasteiger partial charge in [0.1, 0.15) is 5.82 Å². The normalized spacial score (nSPS) is 18.6. The molecule has 0 spiro atoms. The van der Waals surface area contributed by atoms with Crippen molar-refractivity contribution in [2.75, 3.05) is 32.9 Å². The van der Waals surface area contributed by atoms with Crippen LogP contribution >= 0.6 is 0 Å². The Labute approximate surface area is 204 Å². The molecule has 0 N–H and O–H groups in total. The molecule has 2 aliphatic heterocycles. The molecule has 1 atom stereocenters. The van der Waals surface area contributed by atoms with Crippen LogP contribution < -0.4 is 0 Å². The lowest BCUT2D eigenvalue weighted by Crippen LogP contribution is -2.40. The van der Waals surface area contributed by atoms with E-state index in [1.807, 2.05) is 6.07 Å². The summed E-state index contributed by atoms with van der Waals surface area (Å²) >= 11 is 0. The van der Waals surface area contributed by atoms with E-state index in [0.717, 1.165) is 5.56 Å². The summed E-state index contributed by atoms with van der Waals surface area (Å²) in [6.45, 7) is 5.99. The number of halogens is 1. The molecule has 2 heterocycles. The first-order chi connectivity index (χ1) is 16.9. The van der Waals surface area contributed by atoms with Crippen LogP contribution in [0.1, 0.15) is 47.7 Å². The summed E-state index contributed by atoms with van der Waals surface area (Å²) in [5.41, 5.74) is 2.89. The van der Waals surface area contributed by atoms with E-state index in [2.05, 4.69) is 0 Å². The zero-order valence-corrected chi connectivity index (χ0v) is 20.0. The molecule has 0 bridgehead atoms. The maximum atomic E-state index is 13.5. The smallest absolute Gasteiger partial charge is 0.336 e. The van der Waals surface area contributed by atoms with Crippen LogP contribution in [0, 0.1) is 5.82 Å². The number of carbonyl (C=O) groups is 3. The zero-order valence-electron chi connectivity index (χ0n) is 20.0. The van der Waals surface area contributed by atoms with E-state index in [4.69, 9.17) is 9.47 Å². The third-order valence-corrected chi connectivity index (χ3v) is 6.40. The second-order valence-corrected chi connectivity index (χ2v) is 8.61. The van der Waals surface area contributed by atoms with Crippen molar-refractivity contribution in [1.29, 1.82) is 0 Å². The Morgan fingerprint density at radius 3 is 2.51 bits per heavy atom. The van der Waals surface area contributed by atoms with Gasteiger partial charge in [-0.25, -0.2) is 9.18 Å². The number of benzene rings is 2. The lowest BCUT2D eigenvalue weighted by molar-refractivity contribution is -0.140. The third kappa shape index (κ3) is 5.43.